The first kappa shape index (κ1) is 19.0. The van der Waals surface area contributed by atoms with Crippen molar-refractivity contribution in [2.75, 3.05) is 4.90 Å². The number of hydrogen-bond donors (Lipinski definition) is 0. The number of hydrogen-bond acceptors (Lipinski definition) is 6. The number of aldehydes is 1. The summed E-state index contributed by atoms with van der Waals surface area (Å²) in [6.07, 6.45) is 4.50. The number of ether oxygens (including phenoxy) is 1. The molecule has 1 aliphatic rings. The summed E-state index contributed by atoms with van der Waals surface area (Å²) >= 11 is 0. The van der Waals surface area contributed by atoms with Crippen molar-refractivity contribution >= 4 is 23.8 Å². The van der Waals surface area contributed by atoms with E-state index in [1.165, 1.54) is 27.9 Å². The molecule has 0 saturated heterocycles. The molecule has 4 rings (SSSR count). The molecular formula is C20H20FN5O3. The zero-order valence-corrected chi connectivity index (χ0v) is 16.3. The van der Waals surface area contributed by atoms with Crippen LogP contribution < -0.4 is 4.90 Å². The van der Waals surface area contributed by atoms with Crippen LogP contribution in [0.1, 0.15) is 44.0 Å². The molecule has 0 aliphatic heterocycles. The Hall–Kier alpha value is -3.36. The highest BCUT2D eigenvalue weighted by Gasteiger charge is 2.38. The van der Waals surface area contributed by atoms with E-state index in [4.69, 9.17) is 4.74 Å². The molecule has 3 heterocycles. The van der Waals surface area contributed by atoms with Gasteiger partial charge in [-0.1, -0.05) is 0 Å². The predicted molar refractivity (Wildman–Crippen MR) is 103 cm³/mol. The van der Waals surface area contributed by atoms with Crippen LogP contribution in [0.25, 0.3) is 16.9 Å². The maximum atomic E-state index is 13.7. The summed E-state index contributed by atoms with van der Waals surface area (Å²) in [7, 11) is 0. The second-order valence-electron chi connectivity index (χ2n) is 7.90. The maximum absolute atomic E-state index is 13.7. The summed E-state index contributed by atoms with van der Waals surface area (Å²) in [6.45, 7) is 5.38. The highest BCUT2D eigenvalue weighted by molar-refractivity contribution is 5.91. The Morgan fingerprint density at radius 2 is 2.10 bits per heavy atom. The molecule has 1 saturated carbocycles. The van der Waals surface area contributed by atoms with Gasteiger partial charge in [-0.2, -0.15) is 14.0 Å². The van der Waals surface area contributed by atoms with E-state index in [0.717, 1.165) is 12.8 Å². The molecule has 0 N–H and O–H groups in total. The van der Waals surface area contributed by atoms with E-state index in [-0.39, 0.29) is 17.3 Å². The Morgan fingerprint density at radius 3 is 2.72 bits per heavy atom. The Morgan fingerprint density at radius 1 is 1.34 bits per heavy atom. The van der Waals surface area contributed by atoms with Gasteiger partial charge in [0.15, 0.2) is 11.9 Å². The molecule has 1 fully saturated rings. The first-order valence-corrected chi connectivity index (χ1v) is 9.25. The fraction of sp³-hybridized carbons (Fsp3) is 0.350. The Balaban J connectivity index is 1.91. The van der Waals surface area contributed by atoms with E-state index < -0.39 is 17.6 Å². The summed E-state index contributed by atoms with van der Waals surface area (Å²) in [4.78, 5) is 34.0. The third kappa shape index (κ3) is 3.80. The minimum Gasteiger partial charge on any atom is -0.443 e. The molecule has 0 spiro atoms. The van der Waals surface area contributed by atoms with Gasteiger partial charge in [-0.25, -0.2) is 14.8 Å². The summed E-state index contributed by atoms with van der Waals surface area (Å²) in [6, 6.07) is 4.46. The molecular weight excluding hydrogens is 377 g/mol. The fourth-order valence-corrected chi connectivity index (χ4v) is 3.00. The molecule has 29 heavy (non-hydrogen) atoms. The molecule has 0 radical (unpaired) electrons. The lowest BCUT2D eigenvalue weighted by molar-refractivity contribution is 0.0576. The molecule has 0 atom stereocenters. The van der Waals surface area contributed by atoms with Crippen LogP contribution in [0.3, 0.4) is 0 Å². The lowest BCUT2D eigenvalue weighted by Gasteiger charge is -2.27. The van der Waals surface area contributed by atoms with Gasteiger partial charge in [0.2, 0.25) is 5.95 Å². The van der Waals surface area contributed by atoms with Crippen LogP contribution in [0.2, 0.25) is 0 Å². The summed E-state index contributed by atoms with van der Waals surface area (Å²) < 4.78 is 20.7. The number of carbonyl (C=O) groups is 2. The van der Waals surface area contributed by atoms with Crippen molar-refractivity contribution in [3.63, 3.8) is 0 Å². The largest absolute Gasteiger partial charge is 0.443 e. The van der Waals surface area contributed by atoms with Gasteiger partial charge < -0.3 is 4.74 Å². The minimum atomic E-state index is -0.675. The van der Waals surface area contributed by atoms with Gasteiger partial charge in [0, 0.05) is 29.9 Å². The van der Waals surface area contributed by atoms with Gasteiger partial charge in [-0.15, -0.1) is 0 Å². The number of aromatic nitrogens is 4. The quantitative estimate of drug-likeness (QED) is 0.493. The van der Waals surface area contributed by atoms with E-state index in [0.29, 0.717) is 23.4 Å². The zero-order valence-electron chi connectivity index (χ0n) is 16.3. The van der Waals surface area contributed by atoms with Crippen LogP contribution in [0.5, 0.6) is 0 Å². The molecule has 1 aliphatic carbocycles. The average Bonchev–Trinajstić information content (AvgIpc) is 3.38. The smallest absolute Gasteiger partial charge is 0.416 e. The molecule has 0 aromatic carbocycles. The Kier molecular flexibility index (Phi) is 4.52. The molecule has 1 amide bonds. The number of rotatable bonds is 4. The normalized spacial score (nSPS) is 14.1. The van der Waals surface area contributed by atoms with Gasteiger partial charge in [0.25, 0.3) is 0 Å². The van der Waals surface area contributed by atoms with Crippen LogP contribution in [-0.4, -0.2) is 43.6 Å². The predicted octanol–water partition coefficient (Wildman–Crippen LogP) is 3.65. The number of fused-ring (bicyclic) bond motifs is 1. The zero-order chi connectivity index (χ0) is 20.8. The van der Waals surface area contributed by atoms with Crippen molar-refractivity contribution < 1.29 is 18.7 Å². The monoisotopic (exact) mass is 397 g/mol. The Labute approximate surface area is 166 Å². The first-order valence-electron chi connectivity index (χ1n) is 9.25. The summed E-state index contributed by atoms with van der Waals surface area (Å²) in [5.41, 5.74) is 0.734. The van der Waals surface area contributed by atoms with Crippen molar-refractivity contribution in [2.24, 2.45) is 0 Å². The van der Waals surface area contributed by atoms with Crippen LogP contribution >= 0.6 is 0 Å². The van der Waals surface area contributed by atoms with Crippen LogP contribution in [0, 0.1) is 5.95 Å². The maximum Gasteiger partial charge on any atom is 0.416 e. The van der Waals surface area contributed by atoms with Crippen LogP contribution in [-0.2, 0) is 4.74 Å². The lowest BCUT2D eigenvalue weighted by Crippen LogP contribution is -2.39. The van der Waals surface area contributed by atoms with Crippen molar-refractivity contribution in [3.05, 3.63) is 42.1 Å². The standard InChI is InChI=1S/C20H20FN5O3/c1-20(2,3)29-19(28)25(14-4-5-14)17-9-15(12-6-7-22-16(21)8-12)24-18-13(11-27)10-23-26(17)18/h6-11,14H,4-5H2,1-3H3. The SMILES string of the molecule is CC(C)(C)OC(=O)N(c1cc(-c2ccnc(F)c2)nc2c(C=O)cnn12)C1CC1. The number of pyridine rings is 1. The van der Waals surface area contributed by atoms with E-state index in [1.54, 1.807) is 32.9 Å². The number of nitrogens with zero attached hydrogens (tertiary/aromatic N) is 5. The third-order valence-corrected chi connectivity index (χ3v) is 4.38. The third-order valence-electron chi connectivity index (χ3n) is 4.38. The van der Waals surface area contributed by atoms with Gasteiger partial charge in [0.05, 0.1) is 17.5 Å². The van der Waals surface area contributed by atoms with E-state index in [1.807, 2.05) is 0 Å². The van der Waals surface area contributed by atoms with Crippen LogP contribution in [0.15, 0.2) is 30.6 Å². The lowest BCUT2D eigenvalue weighted by atomic mass is 10.2. The minimum absolute atomic E-state index is 0.0404. The number of anilines is 1. The second-order valence-corrected chi connectivity index (χ2v) is 7.90. The highest BCUT2D eigenvalue weighted by atomic mass is 19.1. The topological polar surface area (TPSA) is 89.7 Å². The Bertz CT molecular complexity index is 1100. The number of carbonyl (C=O) groups excluding carboxylic acids is 2. The highest BCUT2D eigenvalue weighted by Crippen LogP contribution is 2.35. The van der Waals surface area contributed by atoms with Crippen molar-refractivity contribution in [3.8, 4) is 11.3 Å². The number of halogens is 1. The molecule has 9 heteroatoms. The van der Waals surface area contributed by atoms with Crippen molar-refractivity contribution in [1.29, 1.82) is 0 Å². The first-order chi connectivity index (χ1) is 13.8. The second kappa shape index (κ2) is 6.91. The van der Waals surface area contributed by atoms with Crippen LogP contribution in [0.4, 0.5) is 15.0 Å². The molecule has 8 nitrogen and oxygen atoms in total. The molecule has 3 aromatic rings. The summed E-state index contributed by atoms with van der Waals surface area (Å²) in [5.74, 6) is -0.242. The number of amides is 1. The van der Waals surface area contributed by atoms with E-state index >= 15 is 0 Å². The van der Waals surface area contributed by atoms with Gasteiger partial charge in [-0.3, -0.25) is 9.69 Å². The van der Waals surface area contributed by atoms with Crippen molar-refractivity contribution in [1.82, 2.24) is 19.6 Å². The van der Waals surface area contributed by atoms with E-state index in [2.05, 4.69) is 15.1 Å². The molecule has 150 valence electrons. The molecule has 3 aromatic heterocycles. The molecule has 0 unspecified atom stereocenters. The van der Waals surface area contributed by atoms with Crippen molar-refractivity contribution in [2.45, 2.75) is 45.3 Å². The average molecular weight is 397 g/mol. The summed E-state index contributed by atoms with van der Waals surface area (Å²) in [5, 5.41) is 4.24. The fourth-order valence-electron chi connectivity index (χ4n) is 3.00. The van der Waals surface area contributed by atoms with E-state index in [9.17, 15) is 14.0 Å². The molecule has 0 bridgehead atoms. The van der Waals surface area contributed by atoms with Gasteiger partial charge in [-0.05, 0) is 39.7 Å². The van der Waals surface area contributed by atoms with Gasteiger partial charge in [0.1, 0.15) is 11.4 Å². The van der Waals surface area contributed by atoms with Gasteiger partial charge >= 0.3 is 6.09 Å².